The van der Waals surface area contributed by atoms with E-state index in [2.05, 4.69) is 15.4 Å². The first-order valence-corrected chi connectivity index (χ1v) is 8.65. The number of imidazole rings is 1. The third-order valence-electron chi connectivity index (χ3n) is 4.03. The van der Waals surface area contributed by atoms with Crippen molar-refractivity contribution < 1.29 is 9.21 Å². The molecule has 0 spiro atoms. The molecule has 1 aromatic carbocycles. The first-order valence-electron chi connectivity index (χ1n) is 8.27. The van der Waals surface area contributed by atoms with E-state index < -0.39 is 0 Å². The molecule has 0 atom stereocenters. The summed E-state index contributed by atoms with van der Waals surface area (Å²) in [4.78, 5) is 16.6. The fourth-order valence-electron chi connectivity index (χ4n) is 2.72. The van der Waals surface area contributed by atoms with Gasteiger partial charge in [0.1, 0.15) is 11.6 Å². The maximum atomic E-state index is 12.4. The minimum atomic E-state index is -0.314. The molecule has 0 saturated carbocycles. The predicted octanol–water partition coefficient (Wildman–Crippen LogP) is 3.92. The summed E-state index contributed by atoms with van der Waals surface area (Å²) in [5, 5.41) is 7.46. The molecule has 0 radical (unpaired) electrons. The van der Waals surface area contributed by atoms with Crippen LogP contribution in [0.1, 0.15) is 22.1 Å². The third-order valence-corrected chi connectivity index (χ3v) is 4.23. The summed E-state index contributed by atoms with van der Waals surface area (Å²) in [6.45, 7) is 2.33. The lowest BCUT2D eigenvalue weighted by atomic mass is 10.2. The molecule has 7 nitrogen and oxygen atoms in total. The zero-order chi connectivity index (χ0) is 18.8. The number of halogens is 1. The highest BCUT2D eigenvalue weighted by Crippen LogP contribution is 2.17. The molecule has 1 N–H and O–H groups in total. The molecule has 136 valence electrons. The number of carbonyl (C=O) groups excluding carboxylic acids is 1. The molecule has 0 bridgehead atoms. The summed E-state index contributed by atoms with van der Waals surface area (Å²) >= 11 is 5.84. The Morgan fingerprint density at radius 1 is 1.22 bits per heavy atom. The maximum Gasteiger partial charge on any atom is 0.291 e. The normalized spacial score (nSPS) is 10.9. The van der Waals surface area contributed by atoms with Gasteiger partial charge in [-0.05, 0) is 43.3 Å². The average molecular weight is 382 g/mol. The van der Waals surface area contributed by atoms with Crippen LogP contribution in [0.3, 0.4) is 0 Å². The number of nitrogens with zero attached hydrogens (tertiary/aromatic N) is 4. The van der Waals surface area contributed by atoms with Gasteiger partial charge in [-0.2, -0.15) is 5.10 Å². The second kappa shape index (κ2) is 7.13. The molecule has 1 amide bonds. The van der Waals surface area contributed by atoms with Crippen LogP contribution in [0.2, 0.25) is 5.02 Å². The van der Waals surface area contributed by atoms with Crippen LogP contribution in [0.4, 0.5) is 5.69 Å². The molecular formula is C19H16ClN5O2. The van der Waals surface area contributed by atoms with Crippen LogP contribution in [0.15, 0.2) is 65.6 Å². The lowest BCUT2D eigenvalue weighted by molar-refractivity contribution is 0.0994. The van der Waals surface area contributed by atoms with Gasteiger partial charge < -0.3 is 14.3 Å². The number of rotatable bonds is 5. The van der Waals surface area contributed by atoms with Crippen molar-refractivity contribution in [1.29, 1.82) is 0 Å². The Bertz CT molecular complexity index is 1080. The fraction of sp³-hybridized carbons (Fsp3) is 0.105. The molecule has 0 unspecified atom stereocenters. The smallest absolute Gasteiger partial charge is 0.291 e. The molecule has 4 aromatic rings. The summed E-state index contributed by atoms with van der Waals surface area (Å²) in [5.74, 6) is 1.43. The van der Waals surface area contributed by atoms with Crippen molar-refractivity contribution in [2.75, 3.05) is 5.32 Å². The highest BCUT2D eigenvalue weighted by Gasteiger charge is 2.12. The van der Waals surface area contributed by atoms with Crippen LogP contribution in [0.25, 0.3) is 5.69 Å². The first kappa shape index (κ1) is 17.1. The summed E-state index contributed by atoms with van der Waals surface area (Å²) in [7, 11) is 0. The van der Waals surface area contributed by atoms with Crippen molar-refractivity contribution in [3.63, 3.8) is 0 Å². The Kier molecular flexibility index (Phi) is 4.52. The molecule has 0 saturated heterocycles. The summed E-state index contributed by atoms with van der Waals surface area (Å²) in [6, 6.07) is 10.9. The van der Waals surface area contributed by atoms with Gasteiger partial charge in [-0.3, -0.25) is 9.48 Å². The van der Waals surface area contributed by atoms with Gasteiger partial charge in [0.2, 0.25) is 0 Å². The third kappa shape index (κ3) is 3.78. The van der Waals surface area contributed by atoms with Gasteiger partial charge in [0.25, 0.3) is 5.91 Å². The fourth-order valence-corrected chi connectivity index (χ4v) is 2.87. The molecule has 4 rings (SSSR count). The van der Waals surface area contributed by atoms with Gasteiger partial charge in [-0.15, -0.1) is 0 Å². The average Bonchev–Trinajstić information content (AvgIpc) is 3.38. The topological polar surface area (TPSA) is 77.9 Å². The molecule has 0 aliphatic heterocycles. The second-order valence-electron chi connectivity index (χ2n) is 5.97. The minimum Gasteiger partial charge on any atom is -0.454 e. The number of aromatic nitrogens is 4. The van der Waals surface area contributed by atoms with Crippen molar-refractivity contribution in [3.8, 4) is 5.69 Å². The van der Waals surface area contributed by atoms with Crippen LogP contribution < -0.4 is 5.32 Å². The number of hydrogen-bond donors (Lipinski definition) is 1. The molecule has 3 aromatic heterocycles. The molecule has 3 heterocycles. The van der Waals surface area contributed by atoms with Crippen molar-refractivity contribution in [1.82, 2.24) is 19.3 Å². The standard InChI is InChI=1S/C19H16ClN5O2/c1-13-21-8-9-25(13)16-4-2-15(3-5-16)23-19(26)18-7-6-17(27-18)12-24-11-14(20)10-22-24/h2-11H,12H2,1H3,(H,23,26). The van der Waals surface area contributed by atoms with Crippen LogP contribution in [0, 0.1) is 6.92 Å². The van der Waals surface area contributed by atoms with Gasteiger partial charge in [0.05, 0.1) is 17.8 Å². The first-order chi connectivity index (χ1) is 13.1. The number of furan rings is 1. The molecular weight excluding hydrogens is 366 g/mol. The van der Waals surface area contributed by atoms with E-state index in [4.69, 9.17) is 16.0 Å². The Labute approximate surface area is 160 Å². The number of nitrogens with one attached hydrogen (secondary N) is 1. The summed E-state index contributed by atoms with van der Waals surface area (Å²) in [6.07, 6.45) is 6.87. The largest absolute Gasteiger partial charge is 0.454 e. The van der Waals surface area contributed by atoms with Crippen molar-refractivity contribution in [2.45, 2.75) is 13.5 Å². The lowest BCUT2D eigenvalue weighted by Gasteiger charge is -2.07. The minimum absolute atomic E-state index is 0.234. The second-order valence-corrected chi connectivity index (χ2v) is 6.40. The molecule has 8 heteroatoms. The van der Waals surface area contributed by atoms with E-state index in [9.17, 15) is 4.79 Å². The zero-order valence-corrected chi connectivity index (χ0v) is 15.2. The SMILES string of the molecule is Cc1nccn1-c1ccc(NC(=O)c2ccc(Cn3cc(Cl)cn3)o2)cc1. The van der Waals surface area contributed by atoms with E-state index in [-0.39, 0.29) is 11.7 Å². The molecule has 0 aliphatic rings. The molecule has 27 heavy (non-hydrogen) atoms. The van der Waals surface area contributed by atoms with Gasteiger partial charge in [-0.25, -0.2) is 4.98 Å². The highest BCUT2D eigenvalue weighted by atomic mass is 35.5. The lowest BCUT2D eigenvalue weighted by Crippen LogP contribution is -2.11. The van der Waals surface area contributed by atoms with Gasteiger partial charge in [-0.1, -0.05) is 11.6 Å². The summed E-state index contributed by atoms with van der Waals surface area (Å²) in [5.41, 5.74) is 1.65. The number of anilines is 1. The quantitative estimate of drug-likeness (QED) is 0.568. The van der Waals surface area contributed by atoms with Gasteiger partial charge in [0, 0.05) is 30.0 Å². The Morgan fingerprint density at radius 3 is 2.70 bits per heavy atom. The Balaban J connectivity index is 1.42. The molecule has 0 aliphatic carbocycles. The van der Waals surface area contributed by atoms with Crippen LogP contribution in [-0.4, -0.2) is 25.2 Å². The Morgan fingerprint density at radius 2 is 2.04 bits per heavy atom. The van der Waals surface area contributed by atoms with Crippen molar-refractivity contribution in [2.24, 2.45) is 0 Å². The van der Waals surface area contributed by atoms with E-state index in [0.29, 0.717) is 23.0 Å². The predicted molar refractivity (Wildman–Crippen MR) is 101 cm³/mol. The zero-order valence-electron chi connectivity index (χ0n) is 14.5. The number of amides is 1. The van der Waals surface area contributed by atoms with E-state index in [1.807, 2.05) is 42.0 Å². The van der Waals surface area contributed by atoms with Gasteiger partial charge >= 0.3 is 0 Å². The number of aryl methyl sites for hydroxylation is 1. The van der Waals surface area contributed by atoms with E-state index in [1.54, 1.807) is 35.4 Å². The van der Waals surface area contributed by atoms with E-state index >= 15 is 0 Å². The number of hydrogen-bond acceptors (Lipinski definition) is 4. The Hall–Kier alpha value is -3.32. The van der Waals surface area contributed by atoms with Crippen molar-refractivity contribution in [3.05, 3.63) is 83.6 Å². The van der Waals surface area contributed by atoms with Crippen LogP contribution in [-0.2, 0) is 6.54 Å². The maximum absolute atomic E-state index is 12.4. The molecule has 0 fully saturated rings. The van der Waals surface area contributed by atoms with E-state index in [0.717, 1.165) is 11.5 Å². The van der Waals surface area contributed by atoms with E-state index in [1.165, 1.54) is 0 Å². The highest BCUT2D eigenvalue weighted by molar-refractivity contribution is 6.30. The number of carbonyl (C=O) groups is 1. The summed E-state index contributed by atoms with van der Waals surface area (Å²) < 4.78 is 9.20. The van der Waals surface area contributed by atoms with Crippen molar-refractivity contribution >= 4 is 23.2 Å². The monoisotopic (exact) mass is 381 g/mol. The number of benzene rings is 1. The van der Waals surface area contributed by atoms with Crippen LogP contribution in [0.5, 0.6) is 0 Å². The van der Waals surface area contributed by atoms with Gasteiger partial charge in [0.15, 0.2) is 5.76 Å². The van der Waals surface area contributed by atoms with Crippen LogP contribution >= 0.6 is 11.6 Å².